The molecule has 1 unspecified atom stereocenters. The van der Waals surface area contributed by atoms with Gasteiger partial charge in [0.25, 0.3) is 0 Å². The quantitative estimate of drug-likeness (QED) is 0.257. The molecule has 0 heterocycles. The molecular weight excluding hydrogens is 150 g/mol. The molecule has 70 valence electrons. The fourth-order valence-corrected chi connectivity index (χ4v) is 1.09. The van der Waals surface area contributed by atoms with Crippen molar-refractivity contribution in [1.82, 2.24) is 0 Å². The summed E-state index contributed by atoms with van der Waals surface area (Å²) in [4.78, 5) is 5.34. The maximum absolute atomic E-state index is 5.34. The monoisotopic (exact) mass is 170 g/mol. The lowest BCUT2D eigenvalue weighted by Gasteiger charge is -2.25. The molecule has 0 N–H and O–H groups in total. The Morgan fingerprint density at radius 1 is 1.50 bits per heavy atom. The maximum Gasteiger partial charge on any atom is 0.124 e. The standard InChI is InChI=1S/C10H20NO/c1-5-7-8-10-11(3,12-4)9-6-2/h5-6,9H,1,7-8,10H2,2-4H3/q+1. The molecule has 0 saturated carbocycles. The fourth-order valence-electron chi connectivity index (χ4n) is 1.09. The van der Waals surface area contributed by atoms with Crippen molar-refractivity contribution in [3.05, 3.63) is 24.9 Å². The number of hydroxylamine groups is 3. The second-order valence-electron chi connectivity index (χ2n) is 2.99. The molecule has 2 nitrogen and oxygen atoms in total. The van der Waals surface area contributed by atoms with E-state index in [-0.39, 0.29) is 0 Å². The van der Waals surface area contributed by atoms with E-state index in [0.29, 0.717) is 4.65 Å². The number of allylic oxidation sites excluding steroid dienone is 2. The van der Waals surface area contributed by atoms with Crippen molar-refractivity contribution in [1.29, 1.82) is 0 Å². The molecule has 0 aliphatic carbocycles. The Hall–Kier alpha value is -0.600. The van der Waals surface area contributed by atoms with Gasteiger partial charge in [-0.15, -0.1) is 6.58 Å². The van der Waals surface area contributed by atoms with E-state index in [2.05, 4.69) is 6.58 Å². The van der Waals surface area contributed by atoms with E-state index in [9.17, 15) is 0 Å². The summed E-state index contributed by atoms with van der Waals surface area (Å²) in [5.41, 5.74) is 0. The molecule has 0 saturated heterocycles. The van der Waals surface area contributed by atoms with Crippen LogP contribution >= 0.6 is 0 Å². The highest BCUT2D eigenvalue weighted by Gasteiger charge is 2.16. The normalized spacial score (nSPS) is 16.2. The molecule has 0 rings (SSSR count). The number of unbranched alkanes of at least 4 members (excludes halogenated alkanes) is 1. The molecule has 0 radical (unpaired) electrons. The molecule has 0 aliphatic heterocycles. The Balaban J connectivity index is 3.87. The molecule has 2 heteroatoms. The van der Waals surface area contributed by atoms with E-state index in [4.69, 9.17) is 4.84 Å². The predicted octanol–water partition coefficient (Wildman–Crippen LogP) is 2.49. The number of rotatable bonds is 6. The van der Waals surface area contributed by atoms with Crippen molar-refractivity contribution in [2.24, 2.45) is 0 Å². The predicted molar refractivity (Wildman–Crippen MR) is 52.3 cm³/mol. The highest BCUT2D eigenvalue weighted by molar-refractivity contribution is 4.68. The lowest BCUT2D eigenvalue weighted by atomic mass is 10.3. The lowest BCUT2D eigenvalue weighted by Crippen LogP contribution is -2.37. The van der Waals surface area contributed by atoms with Gasteiger partial charge in [-0.3, -0.25) is 0 Å². The summed E-state index contributed by atoms with van der Waals surface area (Å²) < 4.78 is 0.546. The zero-order valence-corrected chi connectivity index (χ0v) is 8.42. The van der Waals surface area contributed by atoms with Crippen LogP contribution in [0.2, 0.25) is 0 Å². The smallest absolute Gasteiger partial charge is 0.124 e. The van der Waals surface area contributed by atoms with E-state index >= 15 is 0 Å². The Bertz CT molecular complexity index is 154. The minimum absolute atomic E-state index is 0.546. The zero-order chi connectivity index (χ0) is 9.45. The highest BCUT2D eigenvalue weighted by atomic mass is 16.7. The Morgan fingerprint density at radius 2 is 2.17 bits per heavy atom. The van der Waals surface area contributed by atoms with Crippen LogP contribution in [0.5, 0.6) is 0 Å². The average molecular weight is 170 g/mol. The van der Waals surface area contributed by atoms with Crippen LogP contribution in [0.4, 0.5) is 0 Å². The van der Waals surface area contributed by atoms with Crippen LogP contribution in [0.1, 0.15) is 19.8 Å². The second kappa shape index (κ2) is 5.98. The largest absolute Gasteiger partial charge is 0.202 e. The summed E-state index contributed by atoms with van der Waals surface area (Å²) in [7, 11) is 3.77. The summed E-state index contributed by atoms with van der Waals surface area (Å²) in [6.45, 7) is 6.68. The summed E-state index contributed by atoms with van der Waals surface area (Å²) >= 11 is 0. The van der Waals surface area contributed by atoms with Crippen LogP contribution in [-0.2, 0) is 4.84 Å². The molecule has 12 heavy (non-hydrogen) atoms. The zero-order valence-electron chi connectivity index (χ0n) is 8.42. The van der Waals surface area contributed by atoms with Gasteiger partial charge in [-0.2, -0.15) is 4.65 Å². The van der Waals surface area contributed by atoms with E-state index in [1.807, 2.05) is 32.3 Å². The van der Waals surface area contributed by atoms with Gasteiger partial charge in [0.2, 0.25) is 0 Å². The molecule has 0 aromatic rings. The summed E-state index contributed by atoms with van der Waals surface area (Å²) in [5, 5.41) is 0. The van der Waals surface area contributed by atoms with Crippen LogP contribution in [0, 0.1) is 0 Å². The van der Waals surface area contributed by atoms with E-state index < -0.39 is 0 Å². The topological polar surface area (TPSA) is 9.23 Å². The molecule has 0 amide bonds. The molecule has 0 spiro atoms. The van der Waals surface area contributed by atoms with Gasteiger partial charge in [-0.05, 0) is 19.4 Å². The molecule has 0 aromatic carbocycles. The van der Waals surface area contributed by atoms with Gasteiger partial charge >= 0.3 is 0 Å². The average Bonchev–Trinajstić information content (AvgIpc) is 2.06. The Morgan fingerprint density at radius 3 is 2.58 bits per heavy atom. The third-order valence-electron chi connectivity index (χ3n) is 1.89. The third-order valence-corrected chi connectivity index (χ3v) is 1.89. The lowest BCUT2D eigenvalue weighted by molar-refractivity contribution is -1.05. The first-order valence-corrected chi connectivity index (χ1v) is 4.34. The minimum Gasteiger partial charge on any atom is -0.202 e. The van der Waals surface area contributed by atoms with Crippen LogP contribution in [-0.4, -0.2) is 25.3 Å². The van der Waals surface area contributed by atoms with Crippen molar-refractivity contribution < 1.29 is 9.48 Å². The summed E-state index contributed by atoms with van der Waals surface area (Å²) in [5.74, 6) is 0. The first-order valence-electron chi connectivity index (χ1n) is 4.34. The maximum atomic E-state index is 5.34. The molecule has 0 aromatic heterocycles. The number of hydrogen-bond donors (Lipinski definition) is 0. The van der Waals surface area contributed by atoms with E-state index in [1.54, 1.807) is 7.11 Å². The summed E-state index contributed by atoms with van der Waals surface area (Å²) in [6, 6.07) is 0. The summed E-state index contributed by atoms with van der Waals surface area (Å²) in [6.07, 6.45) is 8.16. The van der Waals surface area contributed by atoms with Crippen molar-refractivity contribution in [2.75, 3.05) is 20.7 Å². The number of nitrogens with zero attached hydrogens (tertiary/aromatic N) is 1. The SMILES string of the molecule is C=CCCC[N+](C)(C=CC)OC. The Labute approximate surface area is 75.7 Å². The molecule has 0 aliphatic rings. The van der Waals surface area contributed by atoms with Crippen LogP contribution in [0.25, 0.3) is 0 Å². The van der Waals surface area contributed by atoms with Crippen molar-refractivity contribution in [3.8, 4) is 0 Å². The molecule has 0 fully saturated rings. The molecular formula is C10H20NO+. The van der Waals surface area contributed by atoms with Gasteiger partial charge in [0.05, 0.1) is 7.11 Å². The Kier molecular flexibility index (Phi) is 5.68. The van der Waals surface area contributed by atoms with Crippen molar-refractivity contribution >= 4 is 0 Å². The minimum atomic E-state index is 0.546. The fraction of sp³-hybridized carbons (Fsp3) is 0.600. The van der Waals surface area contributed by atoms with Crippen LogP contribution in [0.15, 0.2) is 24.9 Å². The van der Waals surface area contributed by atoms with Gasteiger partial charge in [0.1, 0.15) is 19.8 Å². The first-order chi connectivity index (χ1) is 5.68. The number of hydrogen-bond acceptors (Lipinski definition) is 1. The molecule has 0 bridgehead atoms. The van der Waals surface area contributed by atoms with Gasteiger partial charge in [-0.1, -0.05) is 6.08 Å². The van der Waals surface area contributed by atoms with Crippen molar-refractivity contribution in [2.45, 2.75) is 19.8 Å². The van der Waals surface area contributed by atoms with Gasteiger partial charge in [-0.25, -0.2) is 4.84 Å². The van der Waals surface area contributed by atoms with E-state index in [0.717, 1.165) is 19.4 Å². The van der Waals surface area contributed by atoms with Crippen LogP contribution in [0.3, 0.4) is 0 Å². The second-order valence-corrected chi connectivity index (χ2v) is 2.99. The highest BCUT2D eigenvalue weighted by Crippen LogP contribution is 2.07. The number of quaternary nitrogens is 1. The van der Waals surface area contributed by atoms with Crippen LogP contribution < -0.4 is 0 Å². The third kappa shape index (κ3) is 4.31. The van der Waals surface area contributed by atoms with Gasteiger partial charge in [0, 0.05) is 6.42 Å². The van der Waals surface area contributed by atoms with Gasteiger partial charge in [0.15, 0.2) is 0 Å². The first kappa shape index (κ1) is 11.4. The molecule has 1 atom stereocenters. The van der Waals surface area contributed by atoms with Crippen molar-refractivity contribution in [3.63, 3.8) is 0 Å². The van der Waals surface area contributed by atoms with Gasteiger partial charge < -0.3 is 0 Å². The van der Waals surface area contributed by atoms with E-state index in [1.165, 1.54) is 0 Å².